The normalized spacial score (nSPS) is 16.4. The maximum absolute atomic E-state index is 12.2. The zero-order chi connectivity index (χ0) is 14.0. The van der Waals surface area contributed by atoms with Crippen LogP contribution in [-0.4, -0.2) is 39.5 Å². The number of carbonyl (C=O) groups excluding carboxylic acids is 1. The summed E-state index contributed by atoms with van der Waals surface area (Å²) >= 11 is 0. The number of hydrogen-bond donors (Lipinski definition) is 1. The number of aryl methyl sites for hydroxylation is 1. The van der Waals surface area contributed by atoms with Crippen LogP contribution in [-0.2, 0) is 7.05 Å². The van der Waals surface area contributed by atoms with Crippen LogP contribution in [0.2, 0.25) is 0 Å². The molecule has 0 atom stereocenters. The smallest absolute Gasteiger partial charge is 0.407 e. The van der Waals surface area contributed by atoms with Gasteiger partial charge >= 0.3 is 6.09 Å². The van der Waals surface area contributed by atoms with Crippen LogP contribution >= 0.6 is 0 Å². The average molecular weight is 264 g/mol. The van der Waals surface area contributed by atoms with Crippen LogP contribution < -0.4 is 5.56 Å². The molecule has 0 aliphatic carbocycles. The Morgan fingerprint density at radius 1 is 1.32 bits per heavy atom. The third-order valence-corrected chi connectivity index (χ3v) is 3.53. The summed E-state index contributed by atoms with van der Waals surface area (Å²) in [7, 11) is 1.63. The second-order valence-corrected chi connectivity index (χ2v) is 4.77. The van der Waals surface area contributed by atoms with Gasteiger partial charge in [-0.05, 0) is 18.9 Å². The summed E-state index contributed by atoms with van der Waals surface area (Å²) < 4.78 is 1.41. The van der Waals surface area contributed by atoms with Crippen molar-refractivity contribution in [3.8, 4) is 0 Å². The zero-order valence-corrected chi connectivity index (χ0v) is 10.7. The highest BCUT2D eigenvalue weighted by Gasteiger charge is 2.27. The van der Waals surface area contributed by atoms with Gasteiger partial charge in [-0.15, -0.1) is 0 Å². The van der Waals surface area contributed by atoms with E-state index in [4.69, 9.17) is 5.11 Å². The Bertz CT molecular complexity index is 556. The molecule has 1 fully saturated rings. The lowest BCUT2D eigenvalue weighted by atomic mass is 9.89. The second kappa shape index (κ2) is 5.26. The van der Waals surface area contributed by atoms with E-state index in [1.54, 1.807) is 19.3 Å². The predicted octanol–water partition coefficient (Wildman–Crippen LogP) is 0.958. The molecule has 0 aromatic carbocycles. The van der Waals surface area contributed by atoms with Crippen molar-refractivity contribution in [1.29, 1.82) is 0 Å². The molecule has 1 amide bonds. The van der Waals surface area contributed by atoms with Gasteiger partial charge in [-0.2, -0.15) is 0 Å². The van der Waals surface area contributed by atoms with Gasteiger partial charge < -0.3 is 14.6 Å². The molecule has 2 heterocycles. The molecule has 6 nitrogen and oxygen atoms in total. The molecule has 6 heteroatoms. The van der Waals surface area contributed by atoms with E-state index in [9.17, 15) is 14.4 Å². The lowest BCUT2D eigenvalue weighted by molar-refractivity contribution is 0.0821. The van der Waals surface area contributed by atoms with Gasteiger partial charge in [0, 0.05) is 43.9 Å². The van der Waals surface area contributed by atoms with Crippen molar-refractivity contribution in [2.45, 2.75) is 12.8 Å². The summed E-state index contributed by atoms with van der Waals surface area (Å²) in [5, 5.41) is 8.84. The highest BCUT2D eigenvalue weighted by Crippen LogP contribution is 2.21. The van der Waals surface area contributed by atoms with Gasteiger partial charge in [0.1, 0.15) is 0 Å². The average Bonchev–Trinajstić information content (AvgIpc) is 2.41. The molecule has 1 saturated heterocycles. The first kappa shape index (κ1) is 13.3. The Morgan fingerprint density at radius 3 is 2.47 bits per heavy atom. The number of pyridine rings is 1. The number of carboxylic acid groups (broad SMARTS) is 1. The number of piperidine rings is 1. The number of nitrogens with zero attached hydrogens (tertiary/aromatic N) is 2. The van der Waals surface area contributed by atoms with E-state index < -0.39 is 6.09 Å². The van der Waals surface area contributed by atoms with Crippen LogP contribution in [0.5, 0.6) is 0 Å². The molecule has 0 bridgehead atoms. The minimum Gasteiger partial charge on any atom is -0.465 e. The van der Waals surface area contributed by atoms with Gasteiger partial charge in [0.15, 0.2) is 5.78 Å². The van der Waals surface area contributed by atoms with Gasteiger partial charge in [0.05, 0.1) is 0 Å². The number of Topliss-reactive ketones (excluding diaryl/α,β-unsaturated/α-hetero) is 1. The summed E-state index contributed by atoms with van der Waals surface area (Å²) in [5.74, 6) is -0.259. The van der Waals surface area contributed by atoms with E-state index in [1.807, 2.05) is 0 Å². The van der Waals surface area contributed by atoms with Crippen molar-refractivity contribution in [2.75, 3.05) is 13.1 Å². The van der Waals surface area contributed by atoms with E-state index in [0.29, 0.717) is 31.5 Å². The van der Waals surface area contributed by atoms with E-state index in [2.05, 4.69) is 0 Å². The molecule has 1 aromatic heterocycles. The van der Waals surface area contributed by atoms with Crippen molar-refractivity contribution in [3.05, 3.63) is 34.2 Å². The highest BCUT2D eigenvalue weighted by molar-refractivity contribution is 5.97. The fraction of sp³-hybridized carbons (Fsp3) is 0.462. The number of carbonyl (C=O) groups is 2. The summed E-state index contributed by atoms with van der Waals surface area (Å²) in [6.07, 6.45) is 1.65. The molecule has 19 heavy (non-hydrogen) atoms. The maximum atomic E-state index is 12.2. The number of rotatable bonds is 2. The molecule has 0 unspecified atom stereocenters. The lowest BCUT2D eigenvalue weighted by Gasteiger charge is -2.29. The van der Waals surface area contributed by atoms with Gasteiger partial charge in [-0.3, -0.25) is 9.59 Å². The van der Waals surface area contributed by atoms with Crippen molar-refractivity contribution < 1.29 is 14.7 Å². The van der Waals surface area contributed by atoms with Gasteiger partial charge in [-0.1, -0.05) is 0 Å². The number of amides is 1. The Hall–Kier alpha value is -2.11. The Labute approximate surface area is 110 Å². The molecule has 102 valence electrons. The van der Waals surface area contributed by atoms with E-state index in [-0.39, 0.29) is 17.3 Å². The SMILES string of the molecule is Cn1ccc(C(=O)C2CCN(C(=O)O)CC2)cc1=O. The first-order valence-electron chi connectivity index (χ1n) is 6.18. The Balaban J connectivity index is 2.07. The minimum absolute atomic E-state index is 0.0669. The second-order valence-electron chi connectivity index (χ2n) is 4.77. The van der Waals surface area contributed by atoms with Gasteiger partial charge in [-0.25, -0.2) is 4.79 Å². The topological polar surface area (TPSA) is 79.6 Å². The summed E-state index contributed by atoms with van der Waals surface area (Å²) in [5.41, 5.74) is 0.200. The molecule has 0 saturated carbocycles. The van der Waals surface area contributed by atoms with Crippen LogP contribution in [0.25, 0.3) is 0 Å². The highest BCUT2D eigenvalue weighted by atomic mass is 16.4. The molecule has 1 N–H and O–H groups in total. The molecule has 0 spiro atoms. The van der Waals surface area contributed by atoms with Crippen LogP contribution in [0.4, 0.5) is 4.79 Å². The predicted molar refractivity (Wildman–Crippen MR) is 68.3 cm³/mol. The van der Waals surface area contributed by atoms with Crippen molar-refractivity contribution in [3.63, 3.8) is 0 Å². The van der Waals surface area contributed by atoms with Crippen molar-refractivity contribution in [1.82, 2.24) is 9.47 Å². The van der Waals surface area contributed by atoms with Crippen LogP contribution in [0.3, 0.4) is 0 Å². The Morgan fingerprint density at radius 2 is 1.95 bits per heavy atom. The number of hydrogen-bond acceptors (Lipinski definition) is 3. The van der Waals surface area contributed by atoms with Crippen LogP contribution in [0, 0.1) is 5.92 Å². The molecular weight excluding hydrogens is 248 g/mol. The third-order valence-electron chi connectivity index (χ3n) is 3.53. The van der Waals surface area contributed by atoms with E-state index in [0.717, 1.165) is 0 Å². The quantitative estimate of drug-likeness (QED) is 0.807. The maximum Gasteiger partial charge on any atom is 0.407 e. The number of aromatic nitrogens is 1. The Kier molecular flexibility index (Phi) is 3.69. The van der Waals surface area contributed by atoms with Crippen LogP contribution in [0.1, 0.15) is 23.2 Å². The zero-order valence-electron chi connectivity index (χ0n) is 10.7. The molecule has 0 radical (unpaired) electrons. The molecule has 2 rings (SSSR count). The molecule has 1 aromatic rings. The fourth-order valence-corrected chi connectivity index (χ4v) is 2.27. The summed E-state index contributed by atoms with van der Waals surface area (Å²) in [4.78, 5) is 35.8. The fourth-order valence-electron chi connectivity index (χ4n) is 2.27. The van der Waals surface area contributed by atoms with Crippen molar-refractivity contribution >= 4 is 11.9 Å². The minimum atomic E-state index is -0.945. The standard InChI is InChI=1S/C13H16N2O4/c1-14-5-2-10(8-11(14)16)12(17)9-3-6-15(7-4-9)13(18)19/h2,5,8-9H,3-4,6-7H2,1H3,(H,18,19). The largest absolute Gasteiger partial charge is 0.465 e. The lowest BCUT2D eigenvalue weighted by Crippen LogP contribution is -2.39. The monoisotopic (exact) mass is 264 g/mol. The van der Waals surface area contributed by atoms with Crippen molar-refractivity contribution in [2.24, 2.45) is 13.0 Å². The molecule has 1 aliphatic heterocycles. The first-order chi connectivity index (χ1) is 8.99. The first-order valence-corrected chi connectivity index (χ1v) is 6.18. The number of ketones is 1. The third kappa shape index (κ3) is 2.83. The van der Waals surface area contributed by atoms with E-state index >= 15 is 0 Å². The summed E-state index contributed by atoms with van der Waals surface area (Å²) in [6, 6.07) is 2.97. The van der Waals surface area contributed by atoms with Gasteiger partial charge in [0.25, 0.3) is 5.56 Å². The number of likely N-dealkylation sites (tertiary alicyclic amines) is 1. The molecular formula is C13H16N2O4. The van der Waals surface area contributed by atoms with Crippen LogP contribution in [0.15, 0.2) is 23.1 Å². The summed E-state index contributed by atoms with van der Waals surface area (Å²) in [6.45, 7) is 0.743. The van der Waals surface area contributed by atoms with Gasteiger partial charge in [0.2, 0.25) is 0 Å². The van der Waals surface area contributed by atoms with E-state index in [1.165, 1.54) is 15.5 Å². The molecule has 1 aliphatic rings.